The minimum absolute atomic E-state index is 0.304. The molecule has 4 aliphatic rings. The molecule has 6 heterocycles. The van der Waals surface area contributed by atoms with Gasteiger partial charge in [-0.05, 0) is 70.3 Å². The van der Waals surface area contributed by atoms with Crippen LogP contribution in [0.2, 0.25) is 5.15 Å². The van der Waals surface area contributed by atoms with E-state index in [0.29, 0.717) is 81.6 Å². The summed E-state index contributed by atoms with van der Waals surface area (Å²) in [4.78, 5) is 32.5. The van der Waals surface area contributed by atoms with Crippen LogP contribution in [0.3, 0.4) is 0 Å². The van der Waals surface area contributed by atoms with Crippen LogP contribution in [0.25, 0.3) is 0 Å². The summed E-state index contributed by atoms with van der Waals surface area (Å²) in [5.41, 5.74) is 2.73. The van der Waals surface area contributed by atoms with Crippen molar-refractivity contribution in [1.29, 1.82) is 0 Å². The maximum absolute atomic E-state index is 13.3. The number of carbonyl (C=O) groups is 2. The van der Waals surface area contributed by atoms with Crippen LogP contribution in [0.5, 0.6) is 5.88 Å². The molecule has 9 rings (SSSR count). The van der Waals surface area contributed by atoms with E-state index in [-0.39, 0.29) is 11.1 Å². The van der Waals surface area contributed by atoms with E-state index in [2.05, 4.69) is 20.4 Å². The monoisotopic (exact) mass is 860 g/mol. The fraction of sp³-hybridized carbons (Fsp3) is 0.256. The van der Waals surface area contributed by atoms with Gasteiger partial charge in [0, 0.05) is 58.4 Å². The smallest absolute Gasteiger partial charge is 0.417 e. The molecule has 4 aliphatic heterocycles. The maximum atomic E-state index is 13.3. The number of hydrogen-bond donors (Lipinski definition) is 0. The molecule has 3 aromatic carbocycles. The van der Waals surface area contributed by atoms with E-state index in [0.717, 1.165) is 40.0 Å². The Bertz CT molecular complexity index is 2460. The van der Waals surface area contributed by atoms with Gasteiger partial charge in [-0.25, -0.2) is 0 Å². The lowest BCUT2D eigenvalue weighted by Gasteiger charge is -2.24. The van der Waals surface area contributed by atoms with Gasteiger partial charge in [0.2, 0.25) is 5.88 Å². The number of amides is 2. The van der Waals surface area contributed by atoms with E-state index in [9.17, 15) is 35.9 Å². The Morgan fingerprint density at radius 2 is 0.951 bits per heavy atom. The normalized spacial score (nSPS) is 16.2. The first-order chi connectivity index (χ1) is 29.2. The Labute approximate surface area is 350 Å². The molecule has 0 radical (unpaired) electrons. The summed E-state index contributed by atoms with van der Waals surface area (Å²) in [5.74, 6) is 0.576. The fourth-order valence-corrected chi connectivity index (χ4v) is 7.82. The molecule has 61 heavy (non-hydrogen) atoms. The minimum atomic E-state index is -4.57. The van der Waals surface area contributed by atoms with E-state index in [4.69, 9.17) is 16.3 Å². The third kappa shape index (κ3) is 9.16. The van der Waals surface area contributed by atoms with Crippen LogP contribution in [0.1, 0.15) is 37.4 Å². The molecule has 314 valence electrons. The highest BCUT2D eigenvalue weighted by atomic mass is 35.5. The number of hydrogen-bond acceptors (Lipinski definition) is 9. The van der Waals surface area contributed by atoms with Crippen molar-refractivity contribution in [3.63, 3.8) is 0 Å². The van der Waals surface area contributed by atoms with Crippen molar-refractivity contribution in [3.8, 4) is 5.88 Å². The van der Waals surface area contributed by atoms with Gasteiger partial charge >= 0.3 is 12.4 Å². The third-order valence-corrected chi connectivity index (χ3v) is 10.9. The SMILES string of the molecule is O=C(c1ccccc1C(F)(F)F)N1CC2=C(C1)CN(c1ccc(Cl)nn1)C2.O=C(c1ccccc1C(F)(F)F)N1CC2=C(C1)CN(c1ccc(OCc3ccccc3)nn1)C2. The first-order valence-corrected chi connectivity index (χ1v) is 19.4. The zero-order valence-electron chi connectivity index (χ0n) is 32.1. The van der Waals surface area contributed by atoms with Gasteiger partial charge in [-0.2, -0.15) is 26.3 Å². The highest BCUT2D eigenvalue weighted by molar-refractivity contribution is 6.29. The van der Waals surface area contributed by atoms with Gasteiger partial charge in [0.25, 0.3) is 11.8 Å². The number of rotatable bonds is 7. The molecule has 2 aromatic heterocycles. The molecule has 2 amide bonds. The average Bonchev–Trinajstić information content (AvgIpc) is 4.04. The van der Waals surface area contributed by atoms with Gasteiger partial charge < -0.3 is 24.3 Å². The molecule has 18 heteroatoms. The molecule has 0 fully saturated rings. The maximum Gasteiger partial charge on any atom is 0.417 e. The predicted octanol–water partition coefficient (Wildman–Crippen LogP) is 7.77. The number of ether oxygens (including phenoxy) is 1. The molecule has 0 N–H and O–H groups in total. The van der Waals surface area contributed by atoms with Crippen molar-refractivity contribution < 1.29 is 40.7 Å². The van der Waals surface area contributed by atoms with E-state index >= 15 is 0 Å². The first kappa shape index (κ1) is 41.3. The lowest BCUT2D eigenvalue weighted by atomic mass is 10.1. The lowest BCUT2D eigenvalue weighted by Crippen LogP contribution is -2.35. The van der Waals surface area contributed by atoms with Gasteiger partial charge in [-0.3, -0.25) is 9.59 Å². The summed E-state index contributed by atoms with van der Waals surface area (Å²) in [6.07, 6.45) is -9.14. The number of aromatic nitrogens is 4. The van der Waals surface area contributed by atoms with Crippen molar-refractivity contribution in [1.82, 2.24) is 30.2 Å². The molecule has 0 atom stereocenters. The average molecular weight is 861 g/mol. The molecule has 0 bridgehead atoms. The van der Waals surface area contributed by atoms with Crippen molar-refractivity contribution in [2.75, 3.05) is 62.2 Å². The molecule has 11 nitrogen and oxygen atoms in total. The van der Waals surface area contributed by atoms with Gasteiger partial charge in [-0.1, -0.05) is 66.2 Å². The van der Waals surface area contributed by atoms with E-state index in [1.165, 1.54) is 46.2 Å². The Hall–Kier alpha value is -6.49. The van der Waals surface area contributed by atoms with Crippen LogP contribution in [0, 0.1) is 0 Å². The van der Waals surface area contributed by atoms with Crippen LogP contribution in [0.4, 0.5) is 38.0 Å². The van der Waals surface area contributed by atoms with Crippen molar-refractivity contribution >= 4 is 35.1 Å². The summed E-state index contributed by atoms with van der Waals surface area (Å²) >= 11 is 5.74. The number of anilines is 2. The summed E-state index contributed by atoms with van der Waals surface area (Å²) in [6.45, 7) is 3.89. The Morgan fingerprint density at radius 1 is 0.525 bits per heavy atom. The van der Waals surface area contributed by atoms with E-state index in [1.54, 1.807) is 18.2 Å². The van der Waals surface area contributed by atoms with Gasteiger partial charge in [0.15, 0.2) is 16.8 Å². The van der Waals surface area contributed by atoms with Gasteiger partial charge in [-0.15, -0.1) is 20.4 Å². The second-order valence-electron chi connectivity index (χ2n) is 14.8. The highest BCUT2D eigenvalue weighted by Gasteiger charge is 2.40. The summed E-state index contributed by atoms with van der Waals surface area (Å²) < 4.78 is 85.2. The second-order valence-corrected chi connectivity index (χ2v) is 15.1. The molecule has 0 aliphatic carbocycles. The molecular formula is C43H35ClF6N8O3. The summed E-state index contributed by atoms with van der Waals surface area (Å²) in [5, 5.41) is 16.6. The van der Waals surface area contributed by atoms with Crippen molar-refractivity contribution in [2.24, 2.45) is 0 Å². The lowest BCUT2D eigenvalue weighted by molar-refractivity contribution is -0.138. The Kier molecular flexibility index (Phi) is 11.4. The number of carbonyl (C=O) groups excluding carboxylic acids is 2. The summed E-state index contributed by atoms with van der Waals surface area (Å²) in [7, 11) is 0. The Balaban J connectivity index is 0.000000173. The molecular weight excluding hydrogens is 826 g/mol. The van der Waals surface area contributed by atoms with Gasteiger partial charge in [0.05, 0.1) is 22.3 Å². The number of halogens is 7. The van der Waals surface area contributed by atoms with Crippen LogP contribution >= 0.6 is 11.6 Å². The third-order valence-electron chi connectivity index (χ3n) is 10.7. The number of alkyl halides is 6. The zero-order valence-corrected chi connectivity index (χ0v) is 32.9. The van der Waals surface area contributed by atoms with Gasteiger partial charge in [0.1, 0.15) is 6.61 Å². The highest BCUT2D eigenvalue weighted by Crippen LogP contribution is 2.36. The molecule has 0 saturated carbocycles. The second kappa shape index (κ2) is 16.9. The fourth-order valence-electron chi connectivity index (χ4n) is 7.71. The first-order valence-electron chi connectivity index (χ1n) is 19.0. The Morgan fingerprint density at radius 3 is 1.36 bits per heavy atom. The van der Waals surface area contributed by atoms with Crippen molar-refractivity contribution in [3.05, 3.63) is 158 Å². The topological polar surface area (TPSA) is 108 Å². The van der Waals surface area contributed by atoms with Crippen molar-refractivity contribution in [2.45, 2.75) is 19.0 Å². The zero-order chi connectivity index (χ0) is 42.9. The van der Waals surface area contributed by atoms with E-state index in [1.807, 2.05) is 46.2 Å². The number of benzene rings is 3. The summed E-state index contributed by atoms with van der Waals surface area (Å²) in [6, 6.07) is 26.6. The van der Waals surface area contributed by atoms with E-state index < -0.39 is 35.3 Å². The van der Waals surface area contributed by atoms with Crippen LogP contribution in [-0.4, -0.2) is 94.4 Å². The molecule has 0 saturated heterocycles. The van der Waals surface area contributed by atoms with Crippen LogP contribution < -0.4 is 14.5 Å². The molecule has 5 aromatic rings. The minimum Gasteiger partial charge on any atom is -0.472 e. The number of nitrogens with zero attached hydrogens (tertiary/aromatic N) is 8. The molecule has 0 spiro atoms. The van der Waals surface area contributed by atoms with Crippen LogP contribution in [-0.2, 0) is 19.0 Å². The molecule has 0 unspecified atom stereocenters. The largest absolute Gasteiger partial charge is 0.472 e. The van der Waals surface area contributed by atoms with Crippen LogP contribution in [0.15, 0.2) is 125 Å². The predicted molar refractivity (Wildman–Crippen MR) is 213 cm³/mol. The standard InChI is InChI=1S/C25H21F3N4O2.C18H14ClF3N4O/c26-25(27,28)21-9-5-4-8-20(21)24(33)32-14-18-12-31(13-19(18)15-32)22-10-11-23(30-29-22)34-16-17-6-2-1-3-7-17;19-15-5-6-16(24-23-15)25-7-11-9-26(10-12(11)8-25)17(27)13-3-1-2-4-14(13)18(20,21)22/h1-11H,12-16H2;1-6H,7-10H2. The quantitative estimate of drug-likeness (QED) is 0.120.